The van der Waals surface area contributed by atoms with Gasteiger partial charge in [0.05, 0.1) is 6.54 Å². The van der Waals surface area contributed by atoms with Crippen molar-refractivity contribution in [3.63, 3.8) is 0 Å². The molecule has 1 aliphatic carbocycles. The van der Waals surface area contributed by atoms with Crippen molar-refractivity contribution in [3.05, 3.63) is 0 Å². The molecule has 3 fully saturated rings. The Balaban J connectivity index is 1.45. The summed E-state index contributed by atoms with van der Waals surface area (Å²) in [7, 11) is 2.03. The SMILES string of the molecule is CNCCC1CCN(CC(=O)N2CCCC3CCCCC32)CC1. The van der Waals surface area contributed by atoms with E-state index < -0.39 is 0 Å². The molecule has 4 heteroatoms. The molecule has 3 rings (SSSR count). The summed E-state index contributed by atoms with van der Waals surface area (Å²) < 4.78 is 0. The third-order valence-corrected chi connectivity index (χ3v) is 6.43. The van der Waals surface area contributed by atoms with Gasteiger partial charge in [0.2, 0.25) is 5.91 Å². The number of hydrogen-bond donors (Lipinski definition) is 1. The molecule has 2 atom stereocenters. The lowest BCUT2D eigenvalue weighted by Crippen LogP contribution is -2.53. The van der Waals surface area contributed by atoms with Crippen LogP contribution in [0.1, 0.15) is 57.8 Å². The molecule has 0 bridgehead atoms. The number of likely N-dealkylation sites (tertiary alicyclic amines) is 2. The molecule has 0 aromatic heterocycles. The van der Waals surface area contributed by atoms with Crippen LogP contribution in [0.25, 0.3) is 0 Å². The van der Waals surface area contributed by atoms with E-state index in [1.54, 1.807) is 0 Å². The molecule has 2 saturated heterocycles. The normalized spacial score (nSPS) is 30.2. The van der Waals surface area contributed by atoms with Crippen LogP contribution >= 0.6 is 0 Å². The Kier molecular flexibility index (Phi) is 6.35. The maximum absolute atomic E-state index is 12.8. The summed E-state index contributed by atoms with van der Waals surface area (Å²) in [4.78, 5) is 17.5. The van der Waals surface area contributed by atoms with Crippen LogP contribution < -0.4 is 5.32 Å². The first-order valence-corrected chi connectivity index (χ1v) is 9.94. The Labute approximate surface area is 142 Å². The van der Waals surface area contributed by atoms with Gasteiger partial charge in [-0.1, -0.05) is 12.8 Å². The molecular formula is C19H35N3O. The molecule has 0 aromatic carbocycles. The van der Waals surface area contributed by atoms with Gasteiger partial charge < -0.3 is 10.2 Å². The number of carbonyl (C=O) groups excluding carboxylic acids is 1. The zero-order valence-corrected chi connectivity index (χ0v) is 14.9. The second kappa shape index (κ2) is 8.48. The highest BCUT2D eigenvalue weighted by molar-refractivity contribution is 5.78. The minimum absolute atomic E-state index is 0.412. The average molecular weight is 322 g/mol. The van der Waals surface area contributed by atoms with Crippen molar-refractivity contribution < 1.29 is 4.79 Å². The van der Waals surface area contributed by atoms with Gasteiger partial charge in [0.15, 0.2) is 0 Å². The van der Waals surface area contributed by atoms with Gasteiger partial charge in [0.25, 0.3) is 0 Å². The number of fused-ring (bicyclic) bond motifs is 1. The van der Waals surface area contributed by atoms with Crippen molar-refractivity contribution in [1.29, 1.82) is 0 Å². The molecule has 1 N–H and O–H groups in total. The largest absolute Gasteiger partial charge is 0.338 e. The highest BCUT2D eigenvalue weighted by atomic mass is 16.2. The number of carbonyl (C=O) groups is 1. The Morgan fingerprint density at radius 3 is 2.52 bits per heavy atom. The number of nitrogens with zero attached hydrogens (tertiary/aromatic N) is 2. The first-order valence-electron chi connectivity index (χ1n) is 9.94. The Bertz CT molecular complexity index is 377. The summed E-state index contributed by atoms with van der Waals surface area (Å²) in [6.45, 7) is 5.03. The molecule has 0 radical (unpaired) electrons. The molecule has 132 valence electrons. The topological polar surface area (TPSA) is 35.6 Å². The van der Waals surface area contributed by atoms with Crippen LogP contribution in [0, 0.1) is 11.8 Å². The Morgan fingerprint density at radius 1 is 1.00 bits per heavy atom. The van der Waals surface area contributed by atoms with E-state index in [9.17, 15) is 4.79 Å². The molecule has 2 unspecified atom stereocenters. The predicted octanol–water partition coefficient (Wildman–Crippen LogP) is 2.49. The number of hydrogen-bond acceptors (Lipinski definition) is 3. The molecule has 2 aliphatic heterocycles. The summed E-state index contributed by atoms with van der Waals surface area (Å²) in [5, 5.41) is 3.25. The van der Waals surface area contributed by atoms with Crippen LogP contribution in [0.3, 0.4) is 0 Å². The Hall–Kier alpha value is -0.610. The van der Waals surface area contributed by atoms with Gasteiger partial charge in [-0.2, -0.15) is 0 Å². The molecule has 23 heavy (non-hydrogen) atoms. The molecule has 1 saturated carbocycles. The molecule has 2 heterocycles. The van der Waals surface area contributed by atoms with E-state index in [1.165, 1.54) is 57.8 Å². The lowest BCUT2D eigenvalue weighted by molar-refractivity contribution is -0.139. The third-order valence-electron chi connectivity index (χ3n) is 6.43. The summed E-state index contributed by atoms with van der Waals surface area (Å²) in [5.74, 6) is 2.07. The van der Waals surface area contributed by atoms with Crippen molar-refractivity contribution in [2.24, 2.45) is 11.8 Å². The molecule has 3 aliphatic rings. The van der Waals surface area contributed by atoms with Crippen LogP contribution in [0.4, 0.5) is 0 Å². The van der Waals surface area contributed by atoms with E-state index in [4.69, 9.17) is 0 Å². The van der Waals surface area contributed by atoms with Gasteiger partial charge in [-0.15, -0.1) is 0 Å². The number of nitrogens with one attached hydrogen (secondary N) is 1. The minimum atomic E-state index is 0.412. The lowest BCUT2D eigenvalue weighted by atomic mass is 9.78. The van der Waals surface area contributed by atoms with Crippen molar-refractivity contribution in [3.8, 4) is 0 Å². The highest BCUT2D eigenvalue weighted by Crippen LogP contribution is 2.35. The molecule has 4 nitrogen and oxygen atoms in total. The van der Waals surface area contributed by atoms with Crippen molar-refractivity contribution >= 4 is 5.91 Å². The molecule has 0 spiro atoms. The van der Waals surface area contributed by atoms with E-state index in [0.717, 1.165) is 38.0 Å². The number of rotatable bonds is 5. The lowest BCUT2D eigenvalue weighted by Gasteiger charge is -2.45. The number of amides is 1. The van der Waals surface area contributed by atoms with E-state index in [-0.39, 0.29) is 0 Å². The van der Waals surface area contributed by atoms with Crippen molar-refractivity contribution in [2.75, 3.05) is 39.8 Å². The van der Waals surface area contributed by atoms with Gasteiger partial charge in [-0.25, -0.2) is 0 Å². The van der Waals surface area contributed by atoms with E-state index >= 15 is 0 Å². The van der Waals surface area contributed by atoms with Crippen LogP contribution in [-0.4, -0.2) is 61.5 Å². The smallest absolute Gasteiger partial charge is 0.237 e. The van der Waals surface area contributed by atoms with Gasteiger partial charge in [0.1, 0.15) is 0 Å². The van der Waals surface area contributed by atoms with Crippen molar-refractivity contribution in [2.45, 2.75) is 63.8 Å². The quantitative estimate of drug-likeness (QED) is 0.845. The van der Waals surface area contributed by atoms with Gasteiger partial charge in [0, 0.05) is 12.6 Å². The van der Waals surface area contributed by atoms with Gasteiger partial charge in [-0.05, 0) is 83.5 Å². The summed E-state index contributed by atoms with van der Waals surface area (Å²) in [5.41, 5.74) is 0. The summed E-state index contributed by atoms with van der Waals surface area (Å²) in [6, 6.07) is 0.568. The van der Waals surface area contributed by atoms with Crippen LogP contribution in [0.15, 0.2) is 0 Å². The second-order valence-electron chi connectivity index (χ2n) is 7.95. The standard InChI is InChI=1S/C19H35N3O/c1-20-11-8-16-9-13-21(14-10-16)15-19(23)22-12-4-6-17-5-2-3-7-18(17)22/h16-18,20H,2-15H2,1H3. The van der Waals surface area contributed by atoms with E-state index in [2.05, 4.69) is 15.1 Å². The zero-order chi connectivity index (χ0) is 16.1. The van der Waals surface area contributed by atoms with Crippen LogP contribution in [0.2, 0.25) is 0 Å². The summed E-state index contributed by atoms with van der Waals surface area (Å²) in [6.07, 6.45) is 11.7. The predicted molar refractivity (Wildman–Crippen MR) is 94.4 cm³/mol. The molecule has 1 amide bonds. The maximum atomic E-state index is 12.8. The molecule has 0 aromatic rings. The second-order valence-corrected chi connectivity index (χ2v) is 7.95. The monoisotopic (exact) mass is 321 g/mol. The fourth-order valence-corrected chi connectivity index (χ4v) is 5.00. The van der Waals surface area contributed by atoms with Gasteiger partial charge >= 0.3 is 0 Å². The summed E-state index contributed by atoms with van der Waals surface area (Å²) >= 11 is 0. The van der Waals surface area contributed by atoms with E-state index in [0.29, 0.717) is 18.5 Å². The average Bonchev–Trinajstić information content (AvgIpc) is 2.60. The zero-order valence-electron chi connectivity index (χ0n) is 14.9. The maximum Gasteiger partial charge on any atom is 0.237 e. The van der Waals surface area contributed by atoms with E-state index in [1.807, 2.05) is 7.05 Å². The Morgan fingerprint density at radius 2 is 1.74 bits per heavy atom. The first kappa shape index (κ1) is 17.2. The van der Waals surface area contributed by atoms with Gasteiger partial charge in [-0.3, -0.25) is 9.69 Å². The van der Waals surface area contributed by atoms with Crippen molar-refractivity contribution in [1.82, 2.24) is 15.1 Å². The highest BCUT2D eigenvalue weighted by Gasteiger charge is 2.36. The molecular weight excluding hydrogens is 286 g/mol. The fourth-order valence-electron chi connectivity index (χ4n) is 5.00. The fraction of sp³-hybridized carbons (Fsp3) is 0.947. The van der Waals surface area contributed by atoms with Crippen LogP contribution in [0.5, 0.6) is 0 Å². The first-order chi connectivity index (χ1) is 11.3. The van der Waals surface area contributed by atoms with Crippen LogP contribution in [-0.2, 0) is 4.79 Å². The number of piperidine rings is 2. The minimum Gasteiger partial charge on any atom is -0.338 e. The third kappa shape index (κ3) is 4.48.